The highest BCUT2D eigenvalue weighted by atomic mass is 31.2. The molecule has 1 atom stereocenters. The molecule has 0 aromatic heterocycles. The van der Waals surface area contributed by atoms with Crippen LogP contribution in [-0.4, -0.2) is 40.3 Å². The predicted molar refractivity (Wildman–Crippen MR) is 159 cm³/mol. The second-order valence-electron chi connectivity index (χ2n) is 11.3. The van der Waals surface area contributed by atoms with Crippen molar-refractivity contribution < 1.29 is 28.7 Å². The first-order valence-corrected chi connectivity index (χ1v) is 17.0. The fourth-order valence-electron chi connectivity index (χ4n) is 4.50. The number of carbonyl (C=O) groups is 2. The first-order chi connectivity index (χ1) is 18.6. The van der Waals surface area contributed by atoms with Gasteiger partial charge >= 0.3 is 7.60 Å². The standard InChI is InChI=1S/C31H54NO6P/c1-4-5-6-7-8-9-10-11-12-13-14-15-16-17-31(34)32-29(30(33)25-39(35,36)37)24-27-18-20-28(21-19-27)38-23-22-26(2)3/h18-21,26,29H,4-17,22-25H2,1-3H3,(H,32,34)(H2,35,36,37)/t29-/m0/s1. The number of benzene rings is 1. The molecule has 0 radical (unpaired) electrons. The Bertz CT molecular complexity index is 836. The van der Waals surface area contributed by atoms with Crippen LogP contribution in [0.15, 0.2) is 24.3 Å². The van der Waals surface area contributed by atoms with Crippen molar-refractivity contribution in [1.29, 1.82) is 0 Å². The number of carbonyl (C=O) groups excluding carboxylic acids is 2. The van der Waals surface area contributed by atoms with E-state index < -0.39 is 25.6 Å². The van der Waals surface area contributed by atoms with E-state index in [4.69, 9.17) is 4.74 Å². The van der Waals surface area contributed by atoms with Gasteiger partial charge in [-0.15, -0.1) is 0 Å². The molecular formula is C31H54NO6P. The highest BCUT2D eigenvalue weighted by Gasteiger charge is 2.27. The third-order valence-corrected chi connectivity index (χ3v) is 7.64. The van der Waals surface area contributed by atoms with Crippen LogP contribution in [0, 0.1) is 5.92 Å². The van der Waals surface area contributed by atoms with Crippen molar-refractivity contribution in [3.63, 3.8) is 0 Å². The van der Waals surface area contributed by atoms with Crippen LogP contribution in [0.5, 0.6) is 5.75 Å². The van der Waals surface area contributed by atoms with Gasteiger partial charge in [0.2, 0.25) is 5.91 Å². The molecule has 0 aliphatic carbocycles. The third-order valence-electron chi connectivity index (χ3n) is 6.92. The molecule has 0 fully saturated rings. The molecule has 0 aliphatic heterocycles. The molecule has 8 heteroatoms. The van der Waals surface area contributed by atoms with Gasteiger partial charge in [0.15, 0.2) is 5.78 Å². The SMILES string of the molecule is CCCCCCCCCCCCCCCC(=O)N[C@@H](Cc1ccc(OCCC(C)C)cc1)C(=O)CP(=O)(O)O. The molecule has 0 saturated heterocycles. The average Bonchev–Trinajstić information content (AvgIpc) is 2.86. The number of ketones is 1. The molecule has 3 N–H and O–H groups in total. The molecule has 1 aromatic rings. The minimum atomic E-state index is -4.52. The number of hydrogen-bond acceptors (Lipinski definition) is 4. The van der Waals surface area contributed by atoms with Gasteiger partial charge in [-0.2, -0.15) is 0 Å². The molecule has 0 aliphatic rings. The molecule has 1 aromatic carbocycles. The topological polar surface area (TPSA) is 113 Å². The maximum absolute atomic E-state index is 12.6. The summed E-state index contributed by atoms with van der Waals surface area (Å²) in [6.45, 7) is 7.13. The first-order valence-electron chi connectivity index (χ1n) is 15.2. The van der Waals surface area contributed by atoms with Crippen molar-refractivity contribution >= 4 is 19.3 Å². The minimum Gasteiger partial charge on any atom is -0.494 e. The lowest BCUT2D eigenvalue weighted by Gasteiger charge is -2.19. The molecule has 0 unspecified atom stereocenters. The Morgan fingerprint density at radius 3 is 1.85 bits per heavy atom. The van der Waals surface area contributed by atoms with Crippen molar-refractivity contribution in [2.45, 2.75) is 130 Å². The van der Waals surface area contributed by atoms with Gasteiger partial charge in [0, 0.05) is 6.42 Å². The summed E-state index contributed by atoms with van der Waals surface area (Å²) in [7, 11) is -4.52. The van der Waals surface area contributed by atoms with Crippen molar-refractivity contribution in [3.8, 4) is 5.75 Å². The fourth-order valence-corrected chi connectivity index (χ4v) is 5.12. The molecule has 0 spiro atoms. The van der Waals surface area contributed by atoms with Crippen LogP contribution in [0.1, 0.15) is 123 Å². The van der Waals surface area contributed by atoms with Crippen LogP contribution in [-0.2, 0) is 20.6 Å². The predicted octanol–water partition coefficient (Wildman–Crippen LogP) is 7.37. The quantitative estimate of drug-likeness (QED) is 0.0888. The summed E-state index contributed by atoms with van der Waals surface area (Å²) >= 11 is 0. The Labute approximate surface area is 237 Å². The van der Waals surface area contributed by atoms with Gasteiger partial charge < -0.3 is 19.8 Å². The van der Waals surface area contributed by atoms with Crippen molar-refractivity contribution in [2.24, 2.45) is 5.92 Å². The van der Waals surface area contributed by atoms with Crippen LogP contribution in [0.3, 0.4) is 0 Å². The first kappa shape index (κ1) is 35.3. The number of amides is 1. The molecular weight excluding hydrogens is 513 g/mol. The molecule has 39 heavy (non-hydrogen) atoms. The molecule has 0 saturated carbocycles. The maximum Gasteiger partial charge on any atom is 0.333 e. The lowest BCUT2D eigenvalue weighted by molar-refractivity contribution is -0.126. The van der Waals surface area contributed by atoms with Crippen molar-refractivity contribution in [3.05, 3.63) is 29.8 Å². The van der Waals surface area contributed by atoms with Crippen LogP contribution >= 0.6 is 7.60 Å². The Hall–Kier alpha value is -1.69. The number of rotatable bonds is 24. The Kier molecular flexibility index (Phi) is 19.1. The van der Waals surface area contributed by atoms with Gasteiger partial charge in [0.05, 0.1) is 12.6 Å². The van der Waals surface area contributed by atoms with Crippen LogP contribution in [0.2, 0.25) is 0 Å². The lowest BCUT2D eigenvalue weighted by Crippen LogP contribution is -2.43. The zero-order valence-electron chi connectivity index (χ0n) is 24.7. The number of ether oxygens (including phenoxy) is 1. The number of nitrogens with one attached hydrogen (secondary N) is 1. The van der Waals surface area contributed by atoms with Gasteiger partial charge in [-0.25, -0.2) is 0 Å². The summed E-state index contributed by atoms with van der Waals surface area (Å²) in [4.78, 5) is 43.8. The van der Waals surface area contributed by atoms with E-state index in [1.807, 2.05) is 24.3 Å². The molecule has 1 amide bonds. The highest BCUT2D eigenvalue weighted by Crippen LogP contribution is 2.34. The normalized spacial score (nSPS) is 12.5. The molecule has 7 nitrogen and oxygen atoms in total. The summed E-state index contributed by atoms with van der Waals surface area (Å²) in [6, 6.07) is 6.30. The summed E-state index contributed by atoms with van der Waals surface area (Å²) in [5.74, 6) is 0.368. The van der Waals surface area contributed by atoms with E-state index in [1.165, 1.54) is 64.2 Å². The fraction of sp³-hybridized carbons (Fsp3) is 0.742. The van der Waals surface area contributed by atoms with Gasteiger partial charge in [0.1, 0.15) is 11.9 Å². The number of unbranched alkanes of at least 4 members (excludes halogenated alkanes) is 12. The number of Topliss-reactive ketones (excluding diaryl/α,β-unsaturated/α-hetero) is 1. The third kappa shape index (κ3) is 19.9. The Morgan fingerprint density at radius 2 is 1.36 bits per heavy atom. The van der Waals surface area contributed by atoms with Crippen LogP contribution in [0.4, 0.5) is 0 Å². The van der Waals surface area contributed by atoms with E-state index in [-0.39, 0.29) is 12.3 Å². The van der Waals surface area contributed by atoms with E-state index in [9.17, 15) is 23.9 Å². The second kappa shape index (κ2) is 21.1. The molecule has 224 valence electrons. The van der Waals surface area contributed by atoms with E-state index in [0.717, 1.165) is 37.0 Å². The van der Waals surface area contributed by atoms with E-state index in [0.29, 0.717) is 18.9 Å². The molecule has 0 heterocycles. The number of hydrogen-bond donors (Lipinski definition) is 3. The monoisotopic (exact) mass is 567 g/mol. The average molecular weight is 568 g/mol. The highest BCUT2D eigenvalue weighted by molar-refractivity contribution is 7.52. The van der Waals surface area contributed by atoms with Gasteiger partial charge in [-0.05, 0) is 42.9 Å². The zero-order valence-corrected chi connectivity index (χ0v) is 25.6. The van der Waals surface area contributed by atoms with Crippen LogP contribution in [0.25, 0.3) is 0 Å². The molecule has 1 rings (SSSR count). The van der Waals surface area contributed by atoms with E-state index >= 15 is 0 Å². The Balaban J connectivity index is 2.39. The second-order valence-corrected chi connectivity index (χ2v) is 12.9. The van der Waals surface area contributed by atoms with E-state index in [2.05, 4.69) is 26.1 Å². The summed E-state index contributed by atoms with van der Waals surface area (Å²) in [5.41, 5.74) is 0.788. The van der Waals surface area contributed by atoms with Gasteiger partial charge in [0.25, 0.3) is 0 Å². The summed E-state index contributed by atoms with van der Waals surface area (Å²) in [5, 5.41) is 2.73. The smallest absolute Gasteiger partial charge is 0.333 e. The maximum atomic E-state index is 12.6. The van der Waals surface area contributed by atoms with Gasteiger partial charge in [-0.1, -0.05) is 110 Å². The lowest BCUT2D eigenvalue weighted by atomic mass is 10.0. The summed E-state index contributed by atoms with van der Waals surface area (Å²) < 4.78 is 17.2. The summed E-state index contributed by atoms with van der Waals surface area (Å²) in [6.07, 6.45) is 16.4. The Morgan fingerprint density at radius 1 is 0.846 bits per heavy atom. The minimum absolute atomic E-state index is 0.176. The van der Waals surface area contributed by atoms with Crippen molar-refractivity contribution in [2.75, 3.05) is 12.8 Å². The largest absolute Gasteiger partial charge is 0.494 e. The zero-order chi connectivity index (χ0) is 28.9. The van der Waals surface area contributed by atoms with Crippen molar-refractivity contribution in [1.82, 2.24) is 5.32 Å². The van der Waals surface area contributed by atoms with E-state index in [1.54, 1.807) is 0 Å². The van der Waals surface area contributed by atoms with Crippen LogP contribution < -0.4 is 10.1 Å². The molecule has 0 bridgehead atoms. The van der Waals surface area contributed by atoms with Gasteiger partial charge in [-0.3, -0.25) is 14.2 Å².